The highest BCUT2D eigenvalue weighted by molar-refractivity contribution is 7.99. The van der Waals surface area contributed by atoms with Gasteiger partial charge in [0.1, 0.15) is 5.82 Å². The molecule has 1 aromatic carbocycles. The molecule has 0 saturated carbocycles. The molecule has 0 aliphatic rings. The van der Waals surface area contributed by atoms with Crippen LogP contribution in [0.15, 0.2) is 34.2 Å². The molecule has 0 spiro atoms. The van der Waals surface area contributed by atoms with E-state index in [4.69, 9.17) is 0 Å². The van der Waals surface area contributed by atoms with Crippen LogP contribution < -0.4 is 10.9 Å². The standard InChI is InChI=1S/C24H35FN4O2S/c1-6-29(7-2)14-8-9-17(3)26-22(30)16-32-24-27-18(4)21(23(31)28(24)5)15-19-10-12-20(25)13-11-19/h10-13,17H,6-9,14-16H2,1-5H3,(H,26,30). The average Bonchev–Trinajstić information content (AvgIpc) is 2.77. The number of carbonyl (C=O) groups excluding carboxylic acids is 1. The number of rotatable bonds is 12. The number of thioether (sulfide) groups is 1. The van der Waals surface area contributed by atoms with Crippen LogP contribution in [0.1, 0.15) is 50.4 Å². The lowest BCUT2D eigenvalue weighted by Gasteiger charge is -2.19. The lowest BCUT2D eigenvalue weighted by molar-refractivity contribution is -0.119. The highest BCUT2D eigenvalue weighted by Crippen LogP contribution is 2.17. The van der Waals surface area contributed by atoms with Crippen LogP contribution >= 0.6 is 11.8 Å². The van der Waals surface area contributed by atoms with Crippen molar-refractivity contribution in [3.8, 4) is 0 Å². The van der Waals surface area contributed by atoms with Crippen LogP contribution in [0.25, 0.3) is 0 Å². The highest BCUT2D eigenvalue weighted by Gasteiger charge is 2.15. The van der Waals surface area contributed by atoms with Gasteiger partial charge in [0.15, 0.2) is 5.16 Å². The van der Waals surface area contributed by atoms with Crippen molar-refractivity contribution in [3.05, 3.63) is 57.3 Å². The van der Waals surface area contributed by atoms with E-state index < -0.39 is 0 Å². The third-order valence-electron chi connectivity index (χ3n) is 5.59. The molecule has 32 heavy (non-hydrogen) atoms. The predicted molar refractivity (Wildman–Crippen MR) is 129 cm³/mol. The quantitative estimate of drug-likeness (QED) is 0.386. The van der Waals surface area contributed by atoms with Crippen LogP contribution in [0.3, 0.4) is 0 Å². The van der Waals surface area contributed by atoms with Gasteiger partial charge in [0, 0.05) is 30.8 Å². The van der Waals surface area contributed by atoms with Crippen molar-refractivity contribution in [2.45, 2.75) is 58.2 Å². The predicted octanol–water partition coefficient (Wildman–Crippen LogP) is 3.54. The van der Waals surface area contributed by atoms with Crippen LogP contribution in [0.4, 0.5) is 4.39 Å². The fourth-order valence-corrected chi connectivity index (χ4v) is 4.37. The Bertz CT molecular complexity index is 942. The summed E-state index contributed by atoms with van der Waals surface area (Å²) in [6, 6.07) is 6.22. The first kappa shape index (κ1) is 26.1. The van der Waals surface area contributed by atoms with Crippen LogP contribution in [-0.4, -0.2) is 51.8 Å². The highest BCUT2D eigenvalue weighted by atomic mass is 32.2. The fourth-order valence-electron chi connectivity index (χ4n) is 3.55. The minimum atomic E-state index is -0.306. The molecule has 0 radical (unpaired) electrons. The summed E-state index contributed by atoms with van der Waals surface area (Å²) in [5, 5.41) is 3.55. The maximum atomic E-state index is 13.1. The second kappa shape index (κ2) is 12.7. The van der Waals surface area contributed by atoms with Gasteiger partial charge in [-0.15, -0.1) is 0 Å². The molecule has 1 unspecified atom stereocenters. The number of benzene rings is 1. The monoisotopic (exact) mass is 462 g/mol. The zero-order valence-corrected chi connectivity index (χ0v) is 20.6. The molecule has 6 nitrogen and oxygen atoms in total. The van der Waals surface area contributed by atoms with Crippen molar-refractivity contribution in [3.63, 3.8) is 0 Å². The normalized spacial score (nSPS) is 12.2. The van der Waals surface area contributed by atoms with E-state index in [1.54, 1.807) is 26.1 Å². The Morgan fingerprint density at radius 2 is 1.91 bits per heavy atom. The molecule has 2 aromatic rings. The average molecular weight is 463 g/mol. The fraction of sp³-hybridized carbons (Fsp3) is 0.542. The summed E-state index contributed by atoms with van der Waals surface area (Å²) in [5.41, 5.74) is 1.91. The van der Waals surface area contributed by atoms with E-state index in [1.807, 2.05) is 6.92 Å². The summed E-state index contributed by atoms with van der Waals surface area (Å²) in [5.74, 6) is -0.162. The van der Waals surface area contributed by atoms with Gasteiger partial charge in [-0.25, -0.2) is 9.37 Å². The van der Waals surface area contributed by atoms with E-state index in [0.717, 1.165) is 38.0 Å². The smallest absolute Gasteiger partial charge is 0.257 e. The minimum Gasteiger partial charge on any atom is -0.353 e. The second-order valence-electron chi connectivity index (χ2n) is 8.05. The number of aryl methyl sites for hydroxylation is 1. The zero-order chi connectivity index (χ0) is 23.7. The van der Waals surface area contributed by atoms with Crippen molar-refractivity contribution >= 4 is 17.7 Å². The first-order valence-electron chi connectivity index (χ1n) is 11.2. The number of carbonyl (C=O) groups is 1. The van der Waals surface area contributed by atoms with E-state index in [-0.39, 0.29) is 29.1 Å². The Kier molecular flexibility index (Phi) is 10.4. The molecule has 1 N–H and O–H groups in total. The second-order valence-corrected chi connectivity index (χ2v) is 8.99. The van der Waals surface area contributed by atoms with Crippen LogP contribution in [-0.2, 0) is 18.3 Å². The number of nitrogens with zero attached hydrogens (tertiary/aromatic N) is 3. The Balaban J connectivity index is 1.92. The van der Waals surface area contributed by atoms with E-state index in [0.29, 0.717) is 22.8 Å². The Morgan fingerprint density at radius 1 is 1.25 bits per heavy atom. The van der Waals surface area contributed by atoms with Gasteiger partial charge >= 0.3 is 0 Å². The summed E-state index contributed by atoms with van der Waals surface area (Å²) in [7, 11) is 1.67. The molecule has 2 rings (SSSR count). The molecule has 1 aromatic heterocycles. The van der Waals surface area contributed by atoms with Gasteiger partial charge in [-0.1, -0.05) is 37.7 Å². The number of halogens is 1. The number of hydrogen-bond donors (Lipinski definition) is 1. The van der Waals surface area contributed by atoms with Crippen molar-refractivity contribution in [2.24, 2.45) is 7.05 Å². The van der Waals surface area contributed by atoms with Crippen molar-refractivity contribution in [1.29, 1.82) is 0 Å². The Hall–Kier alpha value is -2.19. The number of hydrogen-bond acceptors (Lipinski definition) is 5. The molecule has 0 aliphatic heterocycles. The van der Waals surface area contributed by atoms with Gasteiger partial charge < -0.3 is 10.2 Å². The van der Waals surface area contributed by atoms with Gasteiger partial charge in [0.2, 0.25) is 5.91 Å². The molecular formula is C24H35FN4O2S. The SMILES string of the molecule is CCN(CC)CCCC(C)NC(=O)CSc1nc(C)c(Cc2ccc(F)cc2)c(=O)n1C. The minimum absolute atomic E-state index is 0.0624. The van der Waals surface area contributed by atoms with Crippen molar-refractivity contribution in [2.75, 3.05) is 25.4 Å². The molecule has 0 saturated heterocycles. The summed E-state index contributed by atoms with van der Waals surface area (Å²) in [6.45, 7) is 11.3. The van der Waals surface area contributed by atoms with Gasteiger partial charge in [-0.3, -0.25) is 14.2 Å². The molecule has 176 valence electrons. The van der Waals surface area contributed by atoms with Crippen LogP contribution in [0.5, 0.6) is 0 Å². The maximum Gasteiger partial charge on any atom is 0.257 e. The van der Waals surface area contributed by atoms with Crippen LogP contribution in [0, 0.1) is 12.7 Å². The first-order valence-corrected chi connectivity index (χ1v) is 12.2. The van der Waals surface area contributed by atoms with Gasteiger partial charge in [-0.05, 0) is 64.0 Å². The molecule has 1 heterocycles. The molecule has 8 heteroatoms. The van der Waals surface area contributed by atoms with Crippen molar-refractivity contribution < 1.29 is 9.18 Å². The topological polar surface area (TPSA) is 67.2 Å². The third-order valence-corrected chi connectivity index (χ3v) is 6.62. The van der Waals surface area contributed by atoms with Crippen LogP contribution in [0.2, 0.25) is 0 Å². The summed E-state index contributed by atoms with van der Waals surface area (Å²) in [4.78, 5) is 32.1. The molecule has 0 bridgehead atoms. The summed E-state index contributed by atoms with van der Waals surface area (Å²) >= 11 is 1.26. The zero-order valence-electron chi connectivity index (χ0n) is 19.8. The van der Waals surface area contributed by atoms with Crippen molar-refractivity contribution in [1.82, 2.24) is 19.8 Å². The first-order chi connectivity index (χ1) is 15.2. The van der Waals surface area contributed by atoms with E-state index in [2.05, 4.69) is 29.0 Å². The Labute approximate surface area is 194 Å². The van der Waals surface area contributed by atoms with Gasteiger partial charge in [0.25, 0.3) is 5.56 Å². The lowest BCUT2D eigenvalue weighted by Crippen LogP contribution is -2.35. The number of amides is 1. The molecule has 1 atom stereocenters. The largest absolute Gasteiger partial charge is 0.353 e. The summed E-state index contributed by atoms with van der Waals surface area (Å²) < 4.78 is 14.6. The summed E-state index contributed by atoms with van der Waals surface area (Å²) in [6.07, 6.45) is 2.37. The van der Waals surface area contributed by atoms with E-state index in [1.165, 1.54) is 28.5 Å². The third kappa shape index (κ3) is 7.74. The lowest BCUT2D eigenvalue weighted by atomic mass is 10.1. The maximum absolute atomic E-state index is 13.1. The number of nitrogens with one attached hydrogen (secondary N) is 1. The molecular weight excluding hydrogens is 427 g/mol. The molecule has 1 amide bonds. The van der Waals surface area contributed by atoms with E-state index in [9.17, 15) is 14.0 Å². The van der Waals surface area contributed by atoms with E-state index >= 15 is 0 Å². The molecule has 0 fully saturated rings. The molecule has 0 aliphatic carbocycles. The van der Waals surface area contributed by atoms with Gasteiger partial charge in [0.05, 0.1) is 5.75 Å². The Morgan fingerprint density at radius 3 is 2.53 bits per heavy atom. The van der Waals surface area contributed by atoms with Gasteiger partial charge in [-0.2, -0.15) is 0 Å². The number of aromatic nitrogens is 2.